The third kappa shape index (κ3) is 3.57. The zero-order chi connectivity index (χ0) is 22.5. The summed E-state index contributed by atoms with van der Waals surface area (Å²) < 4.78 is 30.3. The van der Waals surface area contributed by atoms with Crippen molar-refractivity contribution in [2.45, 2.75) is 38.8 Å². The van der Waals surface area contributed by atoms with E-state index in [0.717, 1.165) is 57.1 Å². The molecule has 33 heavy (non-hydrogen) atoms. The van der Waals surface area contributed by atoms with Gasteiger partial charge in [-0.15, -0.1) is 5.10 Å². The van der Waals surface area contributed by atoms with Gasteiger partial charge in [-0.25, -0.2) is 23.4 Å². The Hall–Kier alpha value is -3.30. The molecule has 2 unspecified atom stereocenters. The van der Waals surface area contributed by atoms with E-state index in [4.69, 9.17) is 10.1 Å². The number of hydrogen-bond acceptors (Lipinski definition) is 7. The van der Waals surface area contributed by atoms with E-state index in [1.807, 2.05) is 15.6 Å². The van der Waals surface area contributed by atoms with Gasteiger partial charge in [0.15, 0.2) is 11.6 Å². The van der Waals surface area contributed by atoms with Crippen LogP contribution in [0.3, 0.4) is 0 Å². The molecule has 10 heteroatoms. The number of piperidine rings is 1. The average Bonchev–Trinajstić information content (AvgIpc) is 3.31. The highest BCUT2D eigenvalue weighted by Crippen LogP contribution is 2.40. The Morgan fingerprint density at radius 1 is 1.06 bits per heavy atom. The molecule has 1 N–H and O–H groups in total. The fourth-order valence-corrected chi connectivity index (χ4v) is 5.56. The van der Waals surface area contributed by atoms with Crippen LogP contribution in [0.1, 0.15) is 25.0 Å². The molecule has 1 aliphatic carbocycles. The highest BCUT2D eigenvalue weighted by atomic mass is 19.1. The minimum atomic E-state index is -0.329. The number of rotatable bonds is 4. The van der Waals surface area contributed by atoms with Gasteiger partial charge in [-0.1, -0.05) is 6.07 Å². The number of nitrogens with one attached hydrogen (secondary N) is 1. The third-order valence-corrected chi connectivity index (χ3v) is 7.14. The molecule has 3 aromatic rings. The van der Waals surface area contributed by atoms with E-state index < -0.39 is 0 Å². The standard InChI is InChI=1S/C23H26F2N8/c1-14-19(25)21(27-13-26-14)31-11-15-6-7-16(12-31)20(15)28-22-29-23-32(8-3-9-33(23)30-22)18-5-2-4-17(24)10-18/h2,4-5,10,13,15-16,20H,3,6-9,11-12H2,1H3,(H,28,30)/t15-,16?,20?/m0/s1. The Morgan fingerprint density at radius 3 is 2.67 bits per heavy atom. The second-order valence-corrected chi connectivity index (χ2v) is 9.21. The largest absolute Gasteiger partial charge is 0.353 e. The lowest BCUT2D eigenvalue weighted by molar-refractivity contribution is 0.371. The van der Waals surface area contributed by atoms with E-state index in [0.29, 0.717) is 29.3 Å². The maximum atomic E-state index is 14.6. The maximum Gasteiger partial charge on any atom is 0.244 e. The zero-order valence-electron chi connectivity index (χ0n) is 18.5. The molecular formula is C23H26F2N8. The van der Waals surface area contributed by atoms with Gasteiger partial charge < -0.3 is 15.1 Å². The molecular weight excluding hydrogens is 426 g/mol. The number of benzene rings is 1. The predicted molar refractivity (Wildman–Crippen MR) is 121 cm³/mol. The van der Waals surface area contributed by atoms with Crippen molar-refractivity contribution < 1.29 is 8.78 Å². The molecule has 0 radical (unpaired) electrons. The summed E-state index contributed by atoms with van der Waals surface area (Å²) in [5, 5.41) is 8.29. The molecule has 0 amide bonds. The zero-order valence-corrected chi connectivity index (χ0v) is 18.5. The summed E-state index contributed by atoms with van der Waals surface area (Å²) in [5.41, 5.74) is 1.16. The summed E-state index contributed by atoms with van der Waals surface area (Å²) in [6.45, 7) is 4.71. The maximum absolute atomic E-state index is 14.6. The monoisotopic (exact) mass is 452 g/mol. The molecule has 3 atom stereocenters. The summed E-state index contributed by atoms with van der Waals surface area (Å²) in [6, 6.07) is 6.82. The van der Waals surface area contributed by atoms with Crippen molar-refractivity contribution in [3.63, 3.8) is 0 Å². The number of aromatic nitrogens is 5. The Bertz CT molecular complexity index is 1170. The molecule has 1 saturated carbocycles. The topological polar surface area (TPSA) is 75.0 Å². The normalized spacial score (nSPS) is 24.2. The highest BCUT2D eigenvalue weighted by molar-refractivity contribution is 5.59. The first-order valence-corrected chi connectivity index (χ1v) is 11.5. The van der Waals surface area contributed by atoms with Gasteiger partial charge in [-0.2, -0.15) is 4.98 Å². The first kappa shape index (κ1) is 20.3. The summed E-state index contributed by atoms with van der Waals surface area (Å²) in [7, 11) is 0. The SMILES string of the molecule is Cc1ncnc(N2CC3CC[C@@H](C2)C3Nc2nc3n(n2)CCCN3c2cccc(F)c2)c1F. The van der Waals surface area contributed by atoms with E-state index >= 15 is 0 Å². The molecule has 2 bridgehead atoms. The first-order valence-electron chi connectivity index (χ1n) is 11.5. The molecule has 0 spiro atoms. The Morgan fingerprint density at radius 2 is 1.88 bits per heavy atom. The minimum Gasteiger partial charge on any atom is -0.353 e. The van der Waals surface area contributed by atoms with E-state index in [2.05, 4.69) is 20.2 Å². The van der Waals surface area contributed by atoms with Crippen LogP contribution in [0.5, 0.6) is 0 Å². The van der Waals surface area contributed by atoms with Gasteiger partial charge in [-0.3, -0.25) is 0 Å². The summed E-state index contributed by atoms with van der Waals surface area (Å²) >= 11 is 0. The van der Waals surface area contributed by atoms with Crippen LogP contribution < -0.4 is 15.1 Å². The molecule has 2 aromatic heterocycles. The second kappa shape index (κ2) is 7.93. The molecule has 1 saturated heterocycles. The van der Waals surface area contributed by atoms with Crippen molar-refractivity contribution >= 4 is 23.4 Å². The number of aryl methyl sites for hydroxylation is 2. The van der Waals surface area contributed by atoms with Crippen molar-refractivity contribution in [1.29, 1.82) is 0 Å². The Labute approximate surface area is 190 Å². The van der Waals surface area contributed by atoms with Crippen LogP contribution >= 0.6 is 0 Å². The van der Waals surface area contributed by atoms with Crippen molar-refractivity contribution in [2.75, 3.05) is 34.8 Å². The van der Waals surface area contributed by atoms with Crippen LogP contribution in [0.15, 0.2) is 30.6 Å². The van der Waals surface area contributed by atoms with Crippen molar-refractivity contribution in [1.82, 2.24) is 24.7 Å². The molecule has 8 nitrogen and oxygen atoms in total. The molecule has 6 rings (SSSR count). The predicted octanol–water partition coefficient (Wildman–Crippen LogP) is 3.52. The molecule has 2 fully saturated rings. The van der Waals surface area contributed by atoms with Gasteiger partial charge in [0, 0.05) is 37.9 Å². The molecule has 172 valence electrons. The van der Waals surface area contributed by atoms with Gasteiger partial charge in [0.05, 0.1) is 5.69 Å². The van der Waals surface area contributed by atoms with E-state index in [9.17, 15) is 8.78 Å². The lowest BCUT2D eigenvalue weighted by Gasteiger charge is -2.38. The number of hydrogen-bond donors (Lipinski definition) is 1. The number of halogens is 2. The number of anilines is 4. The van der Waals surface area contributed by atoms with Crippen molar-refractivity contribution in [3.05, 3.63) is 47.9 Å². The van der Waals surface area contributed by atoms with E-state index in [-0.39, 0.29) is 17.7 Å². The van der Waals surface area contributed by atoms with Crippen LogP contribution in [0, 0.1) is 30.4 Å². The third-order valence-electron chi connectivity index (χ3n) is 7.14. The van der Waals surface area contributed by atoms with E-state index in [1.165, 1.54) is 18.5 Å². The molecule has 3 aliphatic rings. The van der Waals surface area contributed by atoms with Crippen molar-refractivity contribution in [3.8, 4) is 0 Å². The Balaban J connectivity index is 1.21. The fourth-order valence-electron chi connectivity index (χ4n) is 5.56. The van der Waals surface area contributed by atoms with Gasteiger partial charge in [-0.05, 0) is 56.2 Å². The summed E-state index contributed by atoms with van der Waals surface area (Å²) in [4.78, 5) is 17.0. The quantitative estimate of drug-likeness (QED) is 0.649. The Kier molecular flexibility index (Phi) is 4.88. The number of nitrogens with zero attached hydrogens (tertiary/aromatic N) is 7. The summed E-state index contributed by atoms with van der Waals surface area (Å²) in [6.07, 6.45) is 4.50. The number of fused-ring (bicyclic) bond motifs is 3. The smallest absolute Gasteiger partial charge is 0.244 e. The first-order chi connectivity index (χ1) is 16.1. The summed E-state index contributed by atoms with van der Waals surface area (Å²) in [5.74, 6) is 1.87. The highest BCUT2D eigenvalue weighted by Gasteiger charge is 2.43. The van der Waals surface area contributed by atoms with Crippen LogP contribution in [-0.4, -0.2) is 50.4 Å². The van der Waals surface area contributed by atoms with Gasteiger partial charge >= 0.3 is 0 Å². The minimum absolute atomic E-state index is 0.235. The van der Waals surface area contributed by atoms with Crippen LogP contribution in [0.25, 0.3) is 0 Å². The van der Waals surface area contributed by atoms with Gasteiger partial charge in [0.1, 0.15) is 12.1 Å². The van der Waals surface area contributed by atoms with E-state index in [1.54, 1.807) is 13.0 Å². The average molecular weight is 453 g/mol. The molecule has 1 aromatic carbocycles. The van der Waals surface area contributed by atoms with Crippen LogP contribution in [0.2, 0.25) is 0 Å². The van der Waals surface area contributed by atoms with Crippen LogP contribution in [-0.2, 0) is 6.54 Å². The van der Waals surface area contributed by atoms with Gasteiger partial charge in [0.2, 0.25) is 11.9 Å². The van der Waals surface area contributed by atoms with Gasteiger partial charge in [0.25, 0.3) is 0 Å². The fraction of sp³-hybridized carbons (Fsp3) is 0.478. The second-order valence-electron chi connectivity index (χ2n) is 9.21. The molecule has 4 heterocycles. The lowest BCUT2D eigenvalue weighted by Crippen LogP contribution is -2.48. The molecule has 2 aliphatic heterocycles. The van der Waals surface area contributed by atoms with Crippen molar-refractivity contribution in [2.24, 2.45) is 11.8 Å². The van der Waals surface area contributed by atoms with Crippen LogP contribution in [0.4, 0.5) is 32.2 Å². The lowest BCUT2D eigenvalue weighted by atomic mass is 9.92.